The van der Waals surface area contributed by atoms with Crippen LogP contribution < -0.4 is 0 Å². The van der Waals surface area contributed by atoms with Crippen LogP contribution in [0.1, 0.15) is 34.3 Å². The molecular formula is C15H21NO3. The van der Waals surface area contributed by atoms with Gasteiger partial charge in [-0.2, -0.15) is 0 Å². The highest BCUT2D eigenvalue weighted by Gasteiger charge is 2.17. The van der Waals surface area contributed by atoms with E-state index in [9.17, 15) is 4.79 Å². The summed E-state index contributed by atoms with van der Waals surface area (Å²) in [6, 6.07) is 5.48. The van der Waals surface area contributed by atoms with Crippen LogP contribution in [0.15, 0.2) is 18.2 Å². The Bertz CT molecular complexity index is 445. The highest BCUT2D eigenvalue weighted by Crippen LogP contribution is 2.20. The van der Waals surface area contributed by atoms with E-state index in [0.29, 0.717) is 5.56 Å². The molecule has 1 aliphatic rings. The molecule has 1 aromatic rings. The molecule has 1 aromatic carbocycles. The Morgan fingerprint density at radius 2 is 2.21 bits per heavy atom. The van der Waals surface area contributed by atoms with Crippen molar-refractivity contribution in [1.29, 1.82) is 0 Å². The van der Waals surface area contributed by atoms with Crippen LogP contribution in [0, 0.1) is 0 Å². The van der Waals surface area contributed by atoms with Crippen LogP contribution in [0.2, 0.25) is 0 Å². The van der Waals surface area contributed by atoms with E-state index < -0.39 is 5.97 Å². The van der Waals surface area contributed by atoms with Gasteiger partial charge in [0, 0.05) is 26.8 Å². The molecule has 0 fully saturated rings. The normalized spacial score (nSPS) is 15.2. The van der Waals surface area contributed by atoms with Gasteiger partial charge in [-0.1, -0.05) is 6.07 Å². The summed E-state index contributed by atoms with van der Waals surface area (Å²) in [6.45, 7) is 3.80. The van der Waals surface area contributed by atoms with Crippen LogP contribution in [-0.4, -0.2) is 42.8 Å². The molecule has 0 unspecified atom stereocenters. The number of benzene rings is 1. The first kappa shape index (κ1) is 14.0. The number of nitrogens with zero attached hydrogens (tertiary/aromatic N) is 1. The number of hydrogen-bond acceptors (Lipinski definition) is 3. The van der Waals surface area contributed by atoms with Gasteiger partial charge in [0.1, 0.15) is 0 Å². The summed E-state index contributed by atoms with van der Waals surface area (Å²) in [5, 5.41) is 9.03. The minimum Gasteiger partial charge on any atom is -0.478 e. The smallest absolute Gasteiger partial charge is 0.335 e. The molecule has 2 rings (SSSR count). The van der Waals surface area contributed by atoms with Crippen molar-refractivity contribution in [2.75, 3.05) is 26.8 Å². The van der Waals surface area contributed by atoms with E-state index in [-0.39, 0.29) is 0 Å². The maximum Gasteiger partial charge on any atom is 0.335 e. The van der Waals surface area contributed by atoms with Gasteiger partial charge in [-0.15, -0.1) is 0 Å². The number of carbonyl (C=O) groups is 1. The van der Waals surface area contributed by atoms with Crippen molar-refractivity contribution in [3.8, 4) is 0 Å². The van der Waals surface area contributed by atoms with Crippen molar-refractivity contribution in [2.45, 2.75) is 25.8 Å². The van der Waals surface area contributed by atoms with Gasteiger partial charge in [0.05, 0.1) is 5.56 Å². The summed E-state index contributed by atoms with van der Waals surface area (Å²) in [5.41, 5.74) is 2.84. The summed E-state index contributed by atoms with van der Waals surface area (Å²) in [5.74, 6) is -0.847. The van der Waals surface area contributed by atoms with Crippen LogP contribution in [0.5, 0.6) is 0 Å². The van der Waals surface area contributed by atoms with E-state index in [1.807, 2.05) is 12.1 Å². The van der Waals surface area contributed by atoms with E-state index in [4.69, 9.17) is 9.84 Å². The molecule has 0 aromatic heterocycles. The number of fused-ring (bicyclic) bond motifs is 1. The first-order valence-electron chi connectivity index (χ1n) is 6.77. The minimum atomic E-state index is -0.847. The van der Waals surface area contributed by atoms with Crippen LogP contribution in [0.4, 0.5) is 0 Å². The fourth-order valence-corrected chi connectivity index (χ4v) is 2.52. The molecular weight excluding hydrogens is 242 g/mol. The first-order chi connectivity index (χ1) is 9.20. The van der Waals surface area contributed by atoms with Crippen molar-refractivity contribution >= 4 is 5.97 Å². The summed E-state index contributed by atoms with van der Waals surface area (Å²) >= 11 is 0. The number of carboxylic acid groups (broad SMARTS) is 1. The Hall–Kier alpha value is -1.39. The zero-order valence-electron chi connectivity index (χ0n) is 11.4. The number of aromatic carboxylic acids is 1. The van der Waals surface area contributed by atoms with E-state index in [2.05, 4.69) is 4.90 Å². The van der Waals surface area contributed by atoms with Crippen LogP contribution in [0.25, 0.3) is 0 Å². The second-order valence-electron chi connectivity index (χ2n) is 5.01. The summed E-state index contributed by atoms with van der Waals surface area (Å²) in [7, 11) is 1.73. The van der Waals surface area contributed by atoms with Crippen molar-refractivity contribution in [2.24, 2.45) is 0 Å². The summed E-state index contributed by atoms with van der Waals surface area (Å²) in [4.78, 5) is 13.4. The third kappa shape index (κ3) is 3.78. The fraction of sp³-hybridized carbons (Fsp3) is 0.533. The second-order valence-corrected chi connectivity index (χ2v) is 5.01. The molecule has 0 amide bonds. The Morgan fingerprint density at radius 1 is 1.37 bits per heavy atom. The molecule has 4 heteroatoms. The van der Waals surface area contributed by atoms with Crippen LogP contribution in [0.3, 0.4) is 0 Å². The number of methoxy groups -OCH3 is 1. The molecule has 0 radical (unpaired) electrons. The van der Waals surface area contributed by atoms with Crippen molar-refractivity contribution < 1.29 is 14.6 Å². The Kier molecular flexibility index (Phi) is 4.93. The highest BCUT2D eigenvalue weighted by atomic mass is 16.5. The quantitative estimate of drug-likeness (QED) is 0.799. The molecule has 0 bridgehead atoms. The molecule has 0 atom stereocenters. The lowest BCUT2D eigenvalue weighted by Gasteiger charge is -2.28. The third-order valence-electron chi connectivity index (χ3n) is 3.62. The lowest BCUT2D eigenvalue weighted by atomic mass is 9.97. The van der Waals surface area contributed by atoms with Crippen molar-refractivity contribution in [3.05, 3.63) is 34.9 Å². The molecule has 0 spiro atoms. The van der Waals surface area contributed by atoms with Gasteiger partial charge >= 0.3 is 5.97 Å². The summed E-state index contributed by atoms with van der Waals surface area (Å²) < 4.78 is 5.05. The van der Waals surface area contributed by atoms with E-state index in [0.717, 1.165) is 51.1 Å². The third-order valence-corrected chi connectivity index (χ3v) is 3.62. The van der Waals surface area contributed by atoms with Gasteiger partial charge in [-0.05, 0) is 49.1 Å². The van der Waals surface area contributed by atoms with Crippen molar-refractivity contribution in [3.63, 3.8) is 0 Å². The molecule has 0 saturated carbocycles. The monoisotopic (exact) mass is 263 g/mol. The predicted octanol–water partition coefficient (Wildman–Crippen LogP) is 2.17. The lowest BCUT2D eigenvalue weighted by Crippen LogP contribution is -2.31. The van der Waals surface area contributed by atoms with Gasteiger partial charge in [0.25, 0.3) is 0 Å². The zero-order valence-corrected chi connectivity index (χ0v) is 11.4. The number of ether oxygens (including phenoxy) is 1. The van der Waals surface area contributed by atoms with Crippen LogP contribution >= 0.6 is 0 Å². The van der Waals surface area contributed by atoms with Gasteiger partial charge in [0.15, 0.2) is 0 Å². The predicted molar refractivity (Wildman–Crippen MR) is 73.5 cm³/mol. The standard InChI is InChI=1S/C15H21NO3/c1-19-9-3-2-7-16-8-6-12-4-5-13(15(17)18)10-14(12)11-16/h4-5,10H,2-3,6-9,11H2,1H3,(H,17,18). The van der Waals surface area contributed by atoms with Crippen molar-refractivity contribution in [1.82, 2.24) is 4.90 Å². The van der Waals surface area contributed by atoms with Gasteiger partial charge in [-0.3, -0.25) is 4.90 Å². The topological polar surface area (TPSA) is 49.8 Å². The SMILES string of the molecule is COCCCCN1CCc2ccc(C(=O)O)cc2C1. The molecule has 19 heavy (non-hydrogen) atoms. The molecule has 4 nitrogen and oxygen atoms in total. The highest BCUT2D eigenvalue weighted by molar-refractivity contribution is 5.87. The molecule has 0 saturated heterocycles. The molecule has 1 aliphatic heterocycles. The number of rotatable bonds is 6. The Balaban J connectivity index is 1.94. The van der Waals surface area contributed by atoms with E-state index in [1.165, 1.54) is 5.56 Å². The maximum absolute atomic E-state index is 11.0. The van der Waals surface area contributed by atoms with Gasteiger partial charge in [0.2, 0.25) is 0 Å². The molecule has 1 heterocycles. The zero-order chi connectivity index (χ0) is 13.7. The van der Waals surface area contributed by atoms with Crippen LogP contribution in [-0.2, 0) is 17.7 Å². The Morgan fingerprint density at radius 3 is 2.95 bits per heavy atom. The molecule has 104 valence electrons. The fourth-order valence-electron chi connectivity index (χ4n) is 2.52. The van der Waals surface area contributed by atoms with Gasteiger partial charge in [-0.25, -0.2) is 4.79 Å². The summed E-state index contributed by atoms with van der Waals surface area (Å²) in [6.07, 6.45) is 3.22. The minimum absolute atomic E-state index is 0.389. The number of unbranched alkanes of at least 4 members (excludes halogenated alkanes) is 1. The van der Waals surface area contributed by atoms with Gasteiger partial charge < -0.3 is 9.84 Å². The number of hydrogen-bond donors (Lipinski definition) is 1. The first-order valence-corrected chi connectivity index (χ1v) is 6.77. The van der Waals surface area contributed by atoms with E-state index in [1.54, 1.807) is 13.2 Å². The average Bonchev–Trinajstić information content (AvgIpc) is 2.42. The molecule has 1 N–H and O–H groups in total. The van der Waals surface area contributed by atoms with E-state index >= 15 is 0 Å². The largest absolute Gasteiger partial charge is 0.478 e. The number of carboxylic acids is 1. The second kappa shape index (κ2) is 6.68. The Labute approximate surface area is 114 Å². The average molecular weight is 263 g/mol. The lowest BCUT2D eigenvalue weighted by molar-refractivity contribution is 0.0696. The molecule has 0 aliphatic carbocycles. The maximum atomic E-state index is 11.0.